The van der Waals surface area contributed by atoms with Crippen LogP contribution in [0.5, 0.6) is 0 Å². The molecule has 0 aromatic carbocycles. The number of unbranched alkanes of at least 4 members (excludes halogenated alkanes) is 10. The van der Waals surface area contributed by atoms with Crippen molar-refractivity contribution in [3.8, 4) is 0 Å². The molecular weight excluding hydrogens is 280 g/mol. The van der Waals surface area contributed by atoms with Crippen molar-refractivity contribution in [1.82, 2.24) is 0 Å². The topological polar surface area (TPSA) is 74.6 Å². The third-order valence-corrected chi connectivity index (χ3v) is 3.49. The molecule has 0 bridgehead atoms. The Morgan fingerprint density at radius 2 is 0.818 bits per heavy atom. The van der Waals surface area contributed by atoms with Gasteiger partial charge in [0, 0.05) is 12.8 Å². The fourth-order valence-electron chi connectivity index (χ4n) is 2.11. The molecule has 0 saturated carbocycles. The minimum atomic E-state index is -0.870. The third kappa shape index (κ3) is 27.3. The molecule has 0 heterocycles. The van der Waals surface area contributed by atoms with Crippen LogP contribution in [-0.4, -0.2) is 22.2 Å². The fraction of sp³-hybridized carbons (Fsp3) is 0.889. The number of carbonyl (C=O) groups is 2. The van der Waals surface area contributed by atoms with E-state index in [0.29, 0.717) is 12.8 Å². The molecule has 0 aromatic rings. The summed E-state index contributed by atoms with van der Waals surface area (Å²) in [5.41, 5.74) is 0. The molecule has 0 aliphatic carbocycles. The Morgan fingerprint density at radius 1 is 0.545 bits per heavy atom. The van der Waals surface area contributed by atoms with Crippen LogP contribution in [0.4, 0.5) is 0 Å². The molecular formula is C18H36O4. The zero-order valence-corrected chi connectivity index (χ0v) is 14.6. The van der Waals surface area contributed by atoms with E-state index in [1.54, 1.807) is 0 Å². The van der Waals surface area contributed by atoms with Crippen LogP contribution in [0.3, 0.4) is 0 Å². The molecule has 0 fully saturated rings. The molecule has 0 aromatic heterocycles. The Hall–Kier alpha value is -1.06. The molecule has 0 unspecified atom stereocenters. The molecule has 0 saturated heterocycles. The SMILES string of the molecule is CCCCCCCCCCCC.O=C(O)CCCCC(=O)O. The molecule has 132 valence electrons. The number of hydrogen-bond acceptors (Lipinski definition) is 2. The second-order valence-corrected chi connectivity index (χ2v) is 5.82. The van der Waals surface area contributed by atoms with E-state index in [1.165, 1.54) is 64.2 Å². The normalized spacial score (nSPS) is 9.91. The number of hydrogen-bond donors (Lipinski definition) is 2. The first kappa shape index (κ1) is 23.2. The van der Waals surface area contributed by atoms with Gasteiger partial charge in [-0.3, -0.25) is 9.59 Å². The predicted octanol–water partition coefficient (Wildman–Crippen LogP) is 5.64. The lowest BCUT2D eigenvalue weighted by Crippen LogP contribution is -1.97. The molecule has 4 heteroatoms. The van der Waals surface area contributed by atoms with Crippen LogP contribution in [0.25, 0.3) is 0 Å². The first-order valence-electron chi connectivity index (χ1n) is 8.98. The Bertz CT molecular complexity index is 225. The maximum atomic E-state index is 9.90. The summed E-state index contributed by atoms with van der Waals surface area (Å²) in [4.78, 5) is 19.8. The average molecular weight is 316 g/mol. The Balaban J connectivity index is 0. The van der Waals surface area contributed by atoms with Crippen molar-refractivity contribution in [3.63, 3.8) is 0 Å². The molecule has 0 aliphatic heterocycles. The molecule has 0 amide bonds. The smallest absolute Gasteiger partial charge is 0.303 e. The summed E-state index contributed by atoms with van der Waals surface area (Å²) in [5.74, 6) is -1.74. The van der Waals surface area contributed by atoms with Gasteiger partial charge in [0.1, 0.15) is 0 Å². The third-order valence-electron chi connectivity index (χ3n) is 3.49. The number of carboxylic acid groups (broad SMARTS) is 2. The summed E-state index contributed by atoms with van der Waals surface area (Å²) in [7, 11) is 0. The van der Waals surface area contributed by atoms with Crippen LogP contribution in [0, 0.1) is 0 Å². The van der Waals surface area contributed by atoms with Crippen molar-refractivity contribution in [2.75, 3.05) is 0 Å². The van der Waals surface area contributed by atoms with E-state index < -0.39 is 11.9 Å². The van der Waals surface area contributed by atoms with Crippen LogP contribution in [0.1, 0.15) is 104 Å². The Kier molecular flexibility index (Phi) is 21.0. The Morgan fingerprint density at radius 3 is 1.05 bits per heavy atom. The highest BCUT2D eigenvalue weighted by Gasteiger charge is 1.99. The van der Waals surface area contributed by atoms with Gasteiger partial charge in [0.15, 0.2) is 0 Å². The predicted molar refractivity (Wildman–Crippen MR) is 91.3 cm³/mol. The highest BCUT2D eigenvalue weighted by molar-refractivity contribution is 5.67. The quantitative estimate of drug-likeness (QED) is 0.406. The summed E-state index contributed by atoms with van der Waals surface area (Å²) >= 11 is 0. The molecule has 0 spiro atoms. The number of rotatable bonds is 14. The van der Waals surface area contributed by atoms with Crippen LogP contribution in [-0.2, 0) is 9.59 Å². The maximum Gasteiger partial charge on any atom is 0.303 e. The van der Waals surface area contributed by atoms with E-state index in [4.69, 9.17) is 10.2 Å². The summed E-state index contributed by atoms with van der Waals surface area (Å²) < 4.78 is 0. The van der Waals surface area contributed by atoms with E-state index in [0.717, 1.165) is 0 Å². The minimum absolute atomic E-state index is 0.0628. The number of carboxylic acids is 2. The monoisotopic (exact) mass is 316 g/mol. The van der Waals surface area contributed by atoms with Crippen molar-refractivity contribution in [2.45, 2.75) is 104 Å². The standard InChI is InChI=1S/C12H26.C6H10O4/c1-3-5-7-9-11-12-10-8-6-4-2;7-5(8)3-1-2-4-6(9)10/h3-12H2,1-2H3;1-4H2,(H,7,8)(H,9,10). The van der Waals surface area contributed by atoms with E-state index >= 15 is 0 Å². The van der Waals surface area contributed by atoms with Crippen molar-refractivity contribution in [2.24, 2.45) is 0 Å². The molecule has 0 rings (SSSR count). The summed E-state index contributed by atoms with van der Waals surface area (Å²) in [6.45, 7) is 4.56. The average Bonchev–Trinajstić information content (AvgIpc) is 2.47. The van der Waals surface area contributed by atoms with Gasteiger partial charge in [0.05, 0.1) is 0 Å². The van der Waals surface area contributed by atoms with Gasteiger partial charge in [-0.2, -0.15) is 0 Å². The number of aliphatic carboxylic acids is 2. The summed E-state index contributed by atoms with van der Waals surface area (Å²) in [6, 6.07) is 0. The van der Waals surface area contributed by atoms with Gasteiger partial charge in [-0.25, -0.2) is 0 Å². The van der Waals surface area contributed by atoms with Crippen molar-refractivity contribution < 1.29 is 19.8 Å². The van der Waals surface area contributed by atoms with Crippen LogP contribution < -0.4 is 0 Å². The highest BCUT2D eigenvalue weighted by Crippen LogP contribution is 2.09. The lowest BCUT2D eigenvalue weighted by molar-refractivity contribution is -0.139. The van der Waals surface area contributed by atoms with E-state index in [-0.39, 0.29) is 12.8 Å². The largest absolute Gasteiger partial charge is 0.481 e. The van der Waals surface area contributed by atoms with Gasteiger partial charge < -0.3 is 10.2 Å². The molecule has 0 radical (unpaired) electrons. The van der Waals surface area contributed by atoms with Gasteiger partial charge >= 0.3 is 11.9 Å². The summed E-state index contributed by atoms with van der Waals surface area (Å²) in [6.07, 6.45) is 15.5. The molecule has 22 heavy (non-hydrogen) atoms. The van der Waals surface area contributed by atoms with E-state index in [9.17, 15) is 9.59 Å². The van der Waals surface area contributed by atoms with Gasteiger partial charge in [-0.15, -0.1) is 0 Å². The maximum absolute atomic E-state index is 9.90. The molecule has 4 nitrogen and oxygen atoms in total. The lowest BCUT2D eigenvalue weighted by Gasteiger charge is -1.99. The van der Waals surface area contributed by atoms with Crippen LogP contribution in [0.2, 0.25) is 0 Å². The molecule has 0 aliphatic rings. The first-order chi connectivity index (χ1) is 10.5. The van der Waals surface area contributed by atoms with Crippen molar-refractivity contribution >= 4 is 11.9 Å². The lowest BCUT2D eigenvalue weighted by atomic mass is 10.1. The van der Waals surface area contributed by atoms with Crippen molar-refractivity contribution in [1.29, 1.82) is 0 Å². The first-order valence-corrected chi connectivity index (χ1v) is 8.98. The zero-order chi connectivity index (χ0) is 17.1. The van der Waals surface area contributed by atoms with Gasteiger partial charge in [0.2, 0.25) is 0 Å². The fourth-order valence-corrected chi connectivity index (χ4v) is 2.11. The van der Waals surface area contributed by atoms with E-state index in [2.05, 4.69) is 13.8 Å². The van der Waals surface area contributed by atoms with Crippen molar-refractivity contribution in [3.05, 3.63) is 0 Å². The molecule has 0 atom stereocenters. The highest BCUT2D eigenvalue weighted by atomic mass is 16.4. The summed E-state index contributed by atoms with van der Waals surface area (Å²) in [5, 5.41) is 16.3. The second-order valence-electron chi connectivity index (χ2n) is 5.82. The van der Waals surface area contributed by atoms with Gasteiger partial charge in [-0.1, -0.05) is 78.1 Å². The van der Waals surface area contributed by atoms with Crippen LogP contribution in [0.15, 0.2) is 0 Å². The Labute approximate surface area is 136 Å². The van der Waals surface area contributed by atoms with Gasteiger partial charge in [0.25, 0.3) is 0 Å². The zero-order valence-electron chi connectivity index (χ0n) is 14.6. The minimum Gasteiger partial charge on any atom is -0.481 e. The van der Waals surface area contributed by atoms with Gasteiger partial charge in [-0.05, 0) is 12.8 Å². The molecule has 2 N–H and O–H groups in total. The van der Waals surface area contributed by atoms with Crippen LogP contribution >= 0.6 is 0 Å². The van der Waals surface area contributed by atoms with E-state index in [1.807, 2.05) is 0 Å². The second kappa shape index (κ2) is 19.9.